The molecule has 0 saturated carbocycles. The summed E-state index contributed by atoms with van der Waals surface area (Å²) in [6, 6.07) is 17.2. The first-order valence-corrected chi connectivity index (χ1v) is 14.1. The molecule has 1 heterocycles. The third-order valence-corrected chi connectivity index (χ3v) is 6.49. The van der Waals surface area contributed by atoms with Crippen LogP contribution in [-0.4, -0.2) is 58.9 Å². The molecule has 0 radical (unpaired) electrons. The summed E-state index contributed by atoms with van der Waals surface area (Å²) in [6.45, 7) is 8.55. The fraction of sp³-hybridized carbons (Fsp3) is 0.419. The van der Waals surface area contributed by atoms with Crippen LogP contribution in [0, 0.1) is 6.92 Å². The number of carbonyl (C=O) groups excluding carboxylic acids is 2. The second kappa shape index (κ2) is 15.4. The molecule has 0 saturated heterocycles. The van der Waals surface area contributed by atoms with Gasteiger partial charge in [-0.25, -0.2) is 9.78 Å². The number of anilines is 1. The molecule has 3 rings (SSSR count). The van der Waals surface area contributed by atoms with E-state index in [1.54, 1.807) is 14.0 Å². The highest BCUT2D eigenvalue weighted by Crippen LogP contribution is 2.14. The summed E-state index contributed by atoms with van der Waals surface area (Å²) < 4.78 is 17.7. The van der Waals surface area contributed by atoms with E-state index in [0.717, 1.165) is 16.7 Å². The van der Waals surface area contributed by atoms with Crippen molar-refractivity contribution in [1.82, 2.24) is 14.5 Å². The van der Waals surface area contributed by atoms with Crippen LogP contribution in [0.4, 0.5) is 10.6 Å². The van der Waals surface area contributed by atoms with Crippen LogP contribution in [0.2, 0.25) is 5.15 Å². The SMILES string of the molecule is Cc1c(Cl)nc(NCCc2cccc(COCCN(C)C(=O)OC(C)(C)C)c2)c(=O)n1CC(=O)OCc1ccccc1. The van der Waals surface area contributed by atoms with Crippen LogP contribution in [0.15, 0.2) is 59.4 Å². The highest BCUT2D eigenvalue weighted by Gasteiger charge is 2.19. The number of likely N-dealkylation sites (N-methyl/N-ethyl adjacent to an activating group) is 1. The molecule has 10 nitrogen and oxygen atoms in total. The average Bonchev–Trinajstić information content (AvgIpc) is 2.94. The zero-order chi connectivity index (χ0) is 30.7. The van der Waals surface area contributed by atoms with Gasteiger partial charge in [-0.1, -0.05) is 66.2 Å². The van der Waals surface area contributed by atoms with Gasteiger partial charge in [0, 0.05) is 20.1 Å². The number of ether oxygens (including phenoxy) is 3. The summed E-state index contributed by atoms with van der Waals surface area (Å²) in [4.78, 5) is 43.3. The van der Waals surface area contributed by atoms with Gasteiger partial charge in [-0.05, 0) is 50.8 Å². The van der Waals surface area contributed by atoms with Crippen molar-refractivity contribution in [1.29, 1.82) is 0 Å². The number of carbonyl (C=O) groups is 2. The van der Waals surface area contributed by atoms with Crippen LogP contribution in [0.1, 0.15) is 43.2 Å². The minimum Gasteiger partial charge on any atom is -0.459 e. The molecule has 2 aromatic carbocycles. The second-order valence-corrected chi connectivity index (χ2v) is 11.2. The summed E-state index contributed by atoms with van der Waals surface area (Å²) >= 11 is 6.28. The van der Waals surface area contributed by atoms with Gasteiger partial charge in [0.25, 0.3) is 5.56 Å². The van der Waals surface area contributed by atoms with E-state index in [0.29, 0.717) is 38.4 Å². The molecule has 1 amide bonds. The number of halogens is 1. The number of nitrogens with one attached hydrogen (secondary N) is 1. The molecule has 0 aliphatic heterocycles. The topological polar surface area (TPSA) is 112 Å². The van der Waals surface area contributed by atoms with Crippen LogP contribution < -0.4 is 10.9 Å². The maximum Gasteiger partial charge on any atom is 0.410 e. The number of aromatic nitrogens is 2. The van der Waals surface area contributed by atoms with Crippen LogP contribution in [-0.2, 0) is 45.2 Å². The fourth-order valence-corrected chi connectivity index (χ4v) is 4.05. The molecule has 1 aromatic heterocycles. The van der Waals surface area contributed by atoms with E-state index in [1.165, 1.54) is 9.47 Å². The largest absolute Gasteiger partial charge is 0.459 e. The van der Waals surface area contributed by atoms with E-state index in [9.17, 15) is 14.4 Å². The van der Waals surface area contributed by atoms with Crippen molar-refractivity contribution in [3.63, 3.8) is 0 Å². The van der Waals surface area contributed by atoms with Gasteiger partial charge in [0.05, 0.1) is 18.9 Å². The minimum absolute atomic E-state index is 0.0649. The van der Waals surface area contributed by atoms with E-state index in [1.807, 2.05) is 75.4 Å². The maximum atomic E-state index is 13.1. The Balaban J connectivity index is 1.49. The van der Waals surface area contributed by atoms with Crippen LogP contribution >= 0.6 is 11.6 Å². The Morgan fingerprint density at radius 2 is 1.71 bits per heavy atom. The van der Waals surface area contributed by atoms with Gasteiger partial charge in [-0.2, -0.15) is 0 Å². The highest BCUT2D eigenvalue weighted by molar-refractivity contribution is 6.30. The number of rotatable bonds is 13. The first-order chi connectivity index (χ1) is 19.9. The van der Waals surface area contributed by atoms with Gasteiger partial charge < -0.3 is 24.4 Å². The van der Waals surface area contributed by atoms with Crippen LogP contribution in [0.3, 0.4) is 0 Å². The normalized spacial score (nSPS) is 11.2. The average molecular weight is 599 g/mol. The Bertz CT molecular complexity index is 1400. The summed E-state index contributed by atoms with van der Waals surface area (Å²) in [7, 11) is 1.67. The van der Waals surface area contributed by atoms with E-state index in [-0.39, 0.29) is 30.2 Å². The Hall–Kier alpha value is -3.89. The Kier molecular flexibility index (Phi) is 11.9. The number of hydrogen-bond donors (Lipinski definition) is 1. The standard InChI is InChI=1S/C31H39ClN4O6/c1-22-27(32)34-28(29(38)36(22)19-26(37)41-21-24-10-7-6-8-11-24)33-15-14-23-12-9-13-25(18-23)20-40-17-16-35(5)30(39)42-31(2,3)4/h6-13,18H,14-17,19-21H2,1-5H3,(H,33,34). The third kappa shape index (κ3) is 10.5. The minimum atomic E-state index is -0.548. The molecule has 0 unspecified atom stereocenters. The van der Waals surface area contributed by atoms with Crippen molar-refractivity contribution >= 4 is 29.5 Å². The molecular formula is C31H39ClN4O6. The molecular weight excluding hydrogens is 560 g/mol. The zero-order valence-corrected chi connectivity index (χ0v) is 25.6. The second-order valence-electron chi connectivity index (χ2n) is 10.8. The van der Waals surface area contributed by atoms with Crippen molar-refractivity contribution in [2.75, 3.05) is 32.1 Å². The lowest BCUT2D eigenvalue weighted by atomic mass is 10.1. The Morgan fingerprint density at radius 1 is 1.02 bits per heavy atom. The summed E-state index contributed by atoms with van der Waals surface area (Å²) in [5.41, 5.74) is 2.27. The Morgan fingerprint density at radius 3 is 2.43 bits per heavy atom. The van der Waals surface area contributed by atoms with Crippen LogP contribution in [0.25, 0.3) is 0 Å². The van der Waals surface area contributed by atoms with Gasteiger partial charge in [-0.3, -0.25) is 14.2 Å². The lowest BCUT2D eigenvalue weighted by molar-refractivity contribution is -0.145. The van der Waals surface area contributed by atoms with Crippen molar-refractivity contribution in [2.45, 2.75) is 59.5 Å². The van der Waals surface area contributed by atoms with E-state index in [2.05, 4.69) is 10.3 Å². The molecule has 0 aliphatic rings. The number of benzene rings is 2. The van der Waals surface area contributed by atoms with E-state index < -0.39 is 17.1 Å². The summed E-state index contributed by atoms with van der Waals surface area (Å²) in [6.07, 6.45) is 0.223. The van der Waals surface area contributed by atoms with E-state index in [4.69, 9.17) is 25.8 Å². The summed E-state index contributed by atoms with van der Waals surface area (Å²) in [5, 5.41) is 3.18. The number of hydrogen-bond acceptors (Lipinski definition) is 8. The molecule has 0 spiro atoms. The lowest BCUT2D eigenvalue weighted by Gasteiger charge is -2.24. The zero-order valence-electron chi connectivity index (χ0n) is 24.8. The first-order valence-electron chi connectivity index (χ1n) is 13.7. The fourth-order valence-electron chi connectivity index (χ4n) is 3.86. The molecule has 0 atom stereocenters. The van der Waals surface area contributed by atoms with Crippen molar-refractivity contribution in [2.24, 2.45) is 0 Å². The molecule has 0 aliphatic carbocycles. The van der Waals surface area contributed by atoms with Gasteiger partial charge in [0.15, 0.2) is 11.0 Å². The molecule has 0 fully saturated rings. The molecule has 11 heteroatoms. The lowest BCUT2D eigenvalue weighted by Crippen LogP contribution is -2.36. The monoisotopic (exact) mass is 598 g/mol. The van der Waals surface area contributed by atoms with Crippen LogP contribution in [0.5, 0.6) is 0 Å². The summed E-state index contributed by atoms with van der Waals surface area (Å²) in [5.74, 6) is -0.483. The highest BCUT2D eigenvalue weighted by atomic mass is 35.5. The third-order valence-electron chi connectivity index (χ3n) is 6.13. The van der Waals surface area contributed by atoms with E-state index >= 15 is 0 Å². The van der Waals surface area contributed by atoms with Crippen molar-refractivity contribution < 1.29 is 23.8 Å². The molecule has 0 bridgehead atoms. The van der Waals surface area contributed by atoms with Crippen molar-refractivity contribution in [3.05, 3.63) is 92.5 Å². The van der Waals surface area contributed by atoms with Gasteiger partial charge in [0.1, 0.15) is 18.8 Å². The Labute approximate surface area is 251 Å². The predicted molar refractivity (Wildman–Crippen MR) is 162 cm³/mol. The number of amides is 1. The molecule has 3 aromatic rings. The number of esters is 1. The maximum absolute atomic E-state index is 13.1. The quantitative estimate of drug-likeness (QED) is 0.216. The van der Waals surface area contributed by atoms with Crippen molar-refractivity contribution in [3.8, 4) is 0 Å². The van der Waals surface area contributed by atoms with Gasteiger partial charge in [-0.15, -0.1) is 0 Å². The smallest absolute Gasteiger partial charge is 0.410 e. The molecule has 42 heavy (non-hydrogen) atoms. The van der Waals surface area contributed by atoms with Gasteiger partial charge >= 0.3 is 12.1 Å². The number of nitrogens with zero attached hydrogens (tertiary/aromatic N) is 3. The first kappa shape index (κ1) is 32.6. The molecule has 1 N–H and O–H groups in total. The predicted octanol–water partition coefficient (Wildman–Crippen LogP) is 4.99. The van der Waals surface area contributed by atoms with Gasteiger partial charge in [0.2, 0.25) is 0 Å². The molecule has 226 valence electrons.